The first-order valence-electron chi connectivity index (χ1n) is 6.59. The Kier molecular flexibility index (Phi) is 3.29. The predicted octanol–water partition coefficient (Wildman–Crippen LogP) is 0.228. The van der Waals surface area contributed by atoms with E-state index in [-0.39, 0.29) is 23.8 Å². The Morgan fingerprint density at radius 2 is 2.19 bits per heavy atom. The van der Waals surface area contributed by atoms with Crippen LogP contribution in [-0.4, -0.2) is 58.2 Å². The zero-order chi connectivity index (χ0) is 15.2. The van der Waals surface area contributed by atoms with Gasteiger partial charge in [-0.25, -0.2) is 13.2 Å². The summed E-state index contributed by atoms with van der Waals surface area (Å²) in [6.45, 7) is 0.408. The van der Waals surface area contributed by atoms with Crippen molar-refractivity contribution in [2.75, 3.05) is 42.3 Å². The number of carbonyl (C=O) groups excluding carboxylic acids is 1. The first kappa shape index (κ1) is 14.2. The van der Waals surface area contributed by atoms with Gasteiger partial charge in [-0.3, -0.25) is 4.90 Å². The Bertz CT molecular complexity index is 688. The number of hydrogen-bond acceptors (Lipinski definition) is 6. The fourth-order valence-electron chi connectivity index (χ4n) is 2.55. The van der Waals surface area contributed by atoms with Gasteiger partial charge in [0.05, 0.1) is 29.5 Å². The minimum atomic E-state index is -3.33. The van der Waals surface area contributed by atoms with Crippen LogP contribution in [0.4, 0.5) is 16.2 Å². The molecule has 7 nitrogen and oxygen atoms in total. The lowest BCUT2D eigenvalue weighted by atomic mass is 10.2. The molecular weight excluding hydrogens is 296 g/mol. The van der Waals surface area contributed by atoms with Crippen molar-refractivity contribution in [3.63, 3.8) is 0 Å². The fraction of sp³-hybridized carbons (Fsp3) is 0.462. The molecule has 1 aromatic rings. The zero-order valence-corrected chi connectivity index (χ0v) is 12.3. The number of cyclic esters (lactones) is 1. The van der Waals surface area contributed by atoms with E-state index in [0.29, 0.717) is 17.9 Å². The van der Waals surface area contributed by atoms with Crippen molar-refractivity contribution in [3.05, 3.63) is 18.2 Å². The van der Waals surface area contributed by atoms with Crippen LogP contribution in [0.2, 0.25) is 0 Å². The van der Waals surface area contributed by atoms with Gasteiger partial charge in [-0.2, -0.15) is 0 Å². The zero-order valence-electron chi connectivity index (χ0n) is 11.5. The summed E-state index contributed by atoms with van der Waals surface area (Å²) in [5.41, 5.74) is 1.10. The number of anilines is 2. The van der Waals surface area contributed by atoms with Crippen molar-refractivity contribution in [1.29, 1.82) is 0 Å². The molecule has 1 amide bonds. The monoisotopic (exact) mass is 312 g/mol. The summed E-state index contributed by atoms with van der Waals surface area (Å²) < 4.78 is 29.3. The molecule has 0 radical (unpaired) electrons. The number of aliphatic hydroxyl groups excluding tert-OH is 1. The largest absolute Gasteiger partial charge is 0.441 e. The molecule has 1 N–H and O–H groups in total. The first-order chi connectivity index (χ1) is 9.92. The number of aliphatic hydroxyl groups is 1. The molecule has 0 saturated carbocycles. The lowest BCUT2D eigenvalue weighted by Crippen LogP contribution is -2.32. The van der Waals surface area contributed by atoms with Crippen molar-refractivity contribution in [2.24, 2.45) is 0 Å². The van der Waals surface area contributed by atoms with Crippen molar-refractivity contribution >= 4 is 27.3 Å². The average Bonchev–Trinajstić information content (AvgIpc) is 2.84. The number of rotatable bonds is 2. The minimum Gasteiger partial charge on any atom is -0.441 e. The molecular formula is C13H16N2O5S. The molecule has 0 aromatic heterocycles. The number of benzene rings is 1. The third-order valence-corrected chi connectivity index (χ3v) is 5.49. The Morgan fingerprint density at radius 1 is 1.43 bits per heavy atom. The van der Waals surface area contributed by atoms with Crippen LogP contribution >= 0.6 is 0 Å². The van der Waals surface area contributed by atoms with Crippen LogP contribution in [0.15, 0.2) is 23.1 Å². The van der Waals surface area contributed by atoms with Crippen LogP contribution in [0.1, 0.15) is 0 Å². The second-order valence-corrected chi connectivity index (χ2v) is 7.27. The molecule has 3 rings (SSSR count). The Hall–Kier alpha value is -1.80. The van der Waals surface area contributed by atoms with Crippen LogP contribution in [0.3, 0.4) is 0 Å². The minimum absolute atomic E-state index is 0.0592. The van der Waals surface area contributed by atoms with E-state index in [1.807, 2.05) is 11.9 Å². The maximum absolute atomic E-state index is 12.2. The summed E-state index contributed by atoms with van der Waals surface area (Å²) in [5, 5.41) is 9.05. The maximum Gasteiger partial charge on any atom is 0.414 e. The van der Waals surface area contributed by atoms with E-state index in [1.165, 1.54) is 11.0 Å². The van der Waals surface area contributed by atoms with Gasteiger partial charge in [0, 0.05) is 19.3 Å². The topological polar surface area (TPSA) is 87.2 Å². The van der Waals surface area contributed by atoms with Crippen LogP contribution in [0, 0.1) is 0 Å². The number of fused-ring (bicyclic) bond motifs is 1. The molecule has 1 atom stereocenters. The lowest BCUT2D eigenvalue weighted by Gasteiger charge is -2.28. The molecule has 2 heterocycles. The van der Waals surface area contributed by atoms with Crippen LogP contribution in [0.25, 0.3) is 0 Å². The smallest absolute Gasteiger partial charge is 0.414 e. The fourth-order valence-corrected chi connectivity index (χ4v) is 4.13. The highest BCUT2D eigenvalue weighted by molar-refractivity contribution is 7.91. The summed E-state index contributed by atoms with van der Waals surface area (Å²) in [5.74, 6) is 0.0592. The van der Waals surface area contributed by atoms with Gasteiger partial charge >= 0.3 is 6.09 Å². The van der Waals surface area contributed by atoms with E-state index in [9.17, 15) is 13.2 Å². The molecule has 0 bridgehead atoms. The highest BCUT2D eigenvalue weighted by Crippen LogP contribution is 2.34. The van der Waals surface area contributed by atoms with E-state index in [4.69, 9.17) is 9.84 Å². The summed E-state index contributed by atoms with van der Waals surface area (Å²) >= 11 is 0. The molecule has 1 saturated heterocycles. The number of nitrogens with zero attached hydrogens (tertiary/aromatic N) is 2. The van der Waals surface area contributed by atoms with E-state index in [0.717, 1.165) is 0 Å². The Balaban J connectivity index is 2.02. The number of ether oxygens (including phenoxy) is 1. The van der Waals surface area contributed by atoms with Gasteiger partial charge < -0.3 is 14.7 Å². The molecule has 0 aliphatic carbocycles. The van der Waals surface area contributed by atoms with Gasteiger partial charge in [-0.1, -0.05) is 0 Å². The van der Waals surface area contributed by atoms with Gasteiger partial charge in [0.25, 0.3) is 0 Å². The normalized spacial score (nSPS) is 23.9. The van der Waals surface area contributed by atoms with E-state index in [1.54, 1.807) is 12.1 Å². The van der Waals surface area contributed by atoms with Crippen molar-refractivity contribution in [2.45, 2.75) is 11.0 Å². The lowest BCUT2D eigenvalue weighted by molar-refractivity contribution is 0.0963. The summed E-state index contributed by atoms with van der Waals surface area (Å²) in [7, 11) is -1.50. The highest BCUT2D eigenvalue weighted by atomic mass is 32.2. The molecule has 8 heteroatoms. The van der Waals surface area contributed by atoms with Crippen LogP contribution in [-0.2, 0) is 14.6 Å². The average molecular weight is 312 g/mol. The van der Waals surface area contributed by atoms with Crippen molar-refractivity contribution in [3.8, 4) is 0 Å². The standard InChI is InChI=1S/C13H16N2O5S/c1-14-4-5-21(18,19)12-6-9(2-3-11(12)14)15-7-10(8-16)20-13(15)17/h2-3,6,10,16H,4-5,7-8H2,1H3/t10-/m1/s1. The van der Waals surface area contributed by atoms with Gasteiger partial charge in [0.15, 0.2) is 9.84 Å². The third kappa shape index (κ3) is 2.34. The maximum atomic E-state index is 12.2. The van der Waals surface area contributed by atoms with Gasteiger partial charge in [-0.15, -0.1) is 0 Å². The molecule has 2 aliphatic rings. The first-order valence-corrected chi connectivity index (χ1v) is 8.24. The SMILES string of the molecule is CN1CCS(=O)(=O)c2cc(N3C[C@H](CO)OC3=O)ccc21. The molecule has 0 spiro atoms. The Morgan fingerprint density at radius 3 is 2.86 bits per heavy atom. The second kappa shape index (κ2) is 4.88. The van der Waals surface area contributed by atoms with E-state index < -0.39 is 22.0 Å². The quantitative estimate of drug-likeness (QED) is 0.841. The van der Waals surface area contributed by atoms with Gasteiger partial charge in [0.1, 0.15) is 6.10 Å². The molecule has 21 heavy (non-hydrogen) atoms. The molecule has 2 aliphatic heterocycles. The molecule has 1 fully saturated rings. The van der Waals surface area contributed by atoms with E-state index >= 15 is 0 Å². The number of hydrogen-bond donors (Lipinski definition) is 1. The predicted molar refractivity (Wildman–Crippen MR) is 76.5 cm³/mol. The number of sulfone groups is 1. The summed E-state index contributed by atoms with van der Waals surface area (Å²) in [6.07, 6.45) is -1.15. The summed E-state index contributed by atoms with van der Waals surface area (Å²) in [4.78, 5) is 15.2. The molecule has 0 unspecified atom stereocenters. The second-order valence-electron chi connectivity index (χ2n) is 5.19. The van der Waals surface area contributed by atoms with Crippen molar-refractivity contribution in [1.82, 2.24) is 0 Å². The Labute approximate surface area is 122 Å². The van der Waals surface area contributed by atoms with Crippen LogP contribution in [0.5, 0.6) is 0 Å². The molecule has 1 aromatic carbocycles. The highest BCUT2D eigenvalue weighted by Gasteiger charge is 2.34. The summed E-state index contributed by atoms with van der Waals surface area (Å²) in [6, 6.07) is 4.89. The van der Waals surface area contributed by atoms with Gasteiger partial charge in [-0.05, 0) is 18.2 Å². The number of amides is 1. The van der Waals surface area contributed by atoms with Gasteiger partial charge in [0.2, 0.25) is 0 Å². The van der Waals surface area contributed by atoms with E-state index in [2.05, 4.69) is 0 Å². The molecule has 114 valence electrons. The van der Waals surface area contributed by atoms with Crippen LogP contribution < -0.4 is 9.80 Å². The third-order valence-electron chi connectivity index (χ3n) is 3.77. The number of carbonyl (C=O) groups is 1. The van der Waals surface area contributed by atoms with Crippen molar-refractivity contribution < 1.29 is 23.1 Å².